The molecule has 0 fully saturated rings. The molecule has 0 aromatic carbocycles. The highest BCUT2D eigenvalue weighted by molar-refractivity contribution is 7.47. The highest BCUT2D eigenvalue weighted by atomic mass is 31.2. The molecule has 0 saturated carbocycles. The second kappa shape index (κ2) is 90.4. The Morgan fingerprint density at radius 1 is 0.248 bits per heavy atom. The first-order valence-corrected chi connectivity index (χ1v) is 49.8. The summed E-state index contributed by atoms with van der Waals surface area (Å²) in [4.78, 5) is 59.0. The van der Waals surface area contributed by atoms with Gasteiger partial charge in [0.2, 0.25) is 0 Å². The molecule has 16 nitrogen and oxygen atoms in total. The third-order valence-corrected chi connectivity index (χ3v) is 21.6. The van der Waals surface area contributed by atoms with E-state index in [-0.39, 0.29) is 19.3 Å². The Bertz CT molecular complexity index is 2760. The molecular weight excluding hydrogens is 1510 g/mol. The second-order valence-electron chi connectivity index (χ2n) is 31.1. The number of rotatable bonds is 88. The molecule has 18 heteroatoms. The van der Waals surface area contributed by atoms with Crippen LogP contribution in [-0.4, -0.2) is 95.9 Å². The number of aliphatic hydroxyl groups excluding tert-OH is 2. The fourth-order valence-electron chi connectivity index (χ4n) is 12.6. The maximum Gasteiger partial charge on any atom is 0.472 e. The van der Waals surface area contributed by atoms with Gasteiger partial charge in [0.15, 0.2) is 6.10 Å². The molecule has 0 saturated heterocycles. The van der Waals surface area contributed by atoms with Crippen LogP contribution in [-0.2, 0) is 55.8 Å². The van der Waals surface area contributed by atoms with Crippen molar-refractivity contribution in [1.29, 1.82) is 0 Å². The smallest absolute Gasteiger partial charge is 0.463 e. The summed E-state index contributed by atoms with van der Waals surface area (Å²) in [5.41, 5.74) is 0. The Morgan fingerprint density at radius 2 is 0.453 bits per heavy atom. The molecule has 0 bridgehead atoms. The molecule has 0 rings (SSSR count). The van der Waals surface area contributed by atoms with Crippen LogP contribution in [0.3, 0.4) is 0 Å². The van der Waals surface area contributed by atoms with E-state index >= 15 is 0 Å². The highest BCUT2D eigenvalue weighted by Crippen LogP contribution is 2.45. The first kappa shape index (κ1) is 112. The van der Waals surface area contributed by atoms with Crippen LogP contribution in [0.4, 0.5) is 0 Å². The number of ether oxygens (including phenoxy) is 3. The minimum Gasteiger partial charge on any atom is -0.463 e. The Kier molecular flexibility index (Phi) is 86.7. The zero-order valence-electron chi connectivity index (χ0n) is 74.1. The maximum atomic E-state index is 13.1. The van der Waals surface area contributed by atoms with Crippen LogP contribution in [0.5, 0.6) is 0 Å². The van der Waals surface area contributed by atoms with Crippen molar-refractivity contribution in [2.24, 2.45) is 0 Å². The van der Waals surface area contributed by atoms with Crippen molar-refractivity contribution in [3.63, 3.8) is 0 Å². The van der Waals surface area contributed by atoms with Crippen LogP contribution >= 0.6 is 15.6 Å². The molecule has 0 aliphatic carbocycles. The molecule has 0 aliphatic rings. The Morgan fingerprint density at radius 3 is 0.718 bits per heavy atom. The van der Waals surface area contributed by atoms with Crippen molar-refractivity contribution in [3.05, 3.63) is 158 Å². The number of carbonyl (C=O) groups excluding carboxylic acids is 3. The molecule has 0 aromatic heterocycles. The zero-order chi connectivity index (χ0) is 85.1. The predicted molar refractivity (Wildman–Crippen MR) is 491 cm³/mol. The molecule has 5 unspecified atom stereocenters. The van der Waals surface area contributed by atoms with Crippen LogP contribution in [0.25, 0.3) is 0 Å². The van der Waals surface area contributed by atoms with Gasteiger partial charge in [-0.1, -0.05) is 378 Å². The largest absolute Gasteiger partial charge is 0.472 e. The molecule has 0 spiro atoms. The van der Waals surface area contributed by atoms with E-state index in [0.29, 0.717) is 19.3 Å². The lowest BCUT2D eigenvalue weighted by Gasteiger charge is -2.21. The molecular formula is C99H170O16P2. The Labute approximate surface area is 714 Å². The number of phosphoric ester groups is 2. The molecule has 4 N–H and O–H groups in total. The highest BCUT2D eigenvalue weighted by Gasteiger charge is 2.29. The van der Waals surface area contributed by atoms with E-state index in [1.54, 1.807) is 0 Å². The summed E-state index contributed by atoms with van der Waals surface area (Å²) >= 11 is 0. The molecule has 0 aromatic rings. The number of hydrogen-bond acceptors (Lipinski definition) is 14. The summed E-state index contributed by atoms with van der Waals surface area (Å²) < 4.78 is 61.5. The topological polar surface area (TPSA) is 231 Å². The lowest BCUT2D eigenvalue weighted by atomic mass is 10.0. The number of esters is 3. The van der Waals surface area contributed by atoms with Gasteiger partial charge in [0.1, 0.15) is 25.4 Å². The van der Waals surface area contributed by atoms with Crippen LogP contribution in [0, 0.1) is 0 Å². The van der Waals surface area contributed by atoms with Crippen molar-refractivity contribution in [2.45, 2.75) is 411 Å². The third kappa shape index (κ3) is 91.7. The number of aliphatic hydroxyl groups is 2. The van der Waals surface area contributed by atoms with Crippen molar-refractivity contribution in [1.82, 2.24) is 0 Å². The molecule has 0 heterocycles. The molecule has 117 heavy (non-hydrogen) atoms. The SMILES string of the molecule is CC/C=C\C/C=C\C/C=C\C/C=C\C/C=C\CCCCCCCCCCCC(=O)OCC(COP(=O)(O)OCC(O)COP(=O)(O)OCC(O)COC(=O)CCCCCCCCCCCCCCCCC/C=C\C/C=C\C/C=C\C/C=C\CCCCC)OC(=O)CCCCCCCCCCC/C=C\C/C=C\C/C=C\C/C=C\CCCCC. The van der Waals surface area contributed by atoms with E-state index in [0.717, 1.165) is 154 Å². The fourth-order valence-corrected chi connectivity index (χ4v) is 14.2. The van der Waals surface area contributed by atoms with Gasteiger partial charge in [-0.05, 0) is 154 Å². The minimum atomic E-state index is -4.95. The Hall–Kier alpha value is -4.83. The fraction of sp³-hybridized carbons (Fsp3) is 0.707. The summed E-state index contributed by atoms with van der Waals surface area (Å²) in [7, 11) is -9.82. The molecule has 0 amide bonds. The van der Waals surface area contributed by atoms with Crippen LogP contribution < -0.4 is 0 Å². The predicted octanol–water partition coefficient (Wildman–Crippen LogP) is 28.9. The number of phosphoric acid groups is 2. The second-order valence-corrected chi connectivity index (χ2v) is 34.0. The average molecular weight is 1680 g/mol. The molecule has 0 aliphatic heterocycles. The van der Waals surface area contributed by atoms with Gasteiger partial charge < -0.3 is 34.2 Å². The zero-order valence-corrected chi connectivity index (χ0v) is 75.9. The molecule has 0 radical (unpaired) electrons. The van der Waals surface area contributed by atoms with Gasteiger partial charge in [-0.3, -0.25) is 32.5 Å². The third-order valence-electron chi connectivity index (χ3n) is 19.7. The number of allylic oxidation sites excluding steroid dienone is 26. The van der Waals surface area contributed by atoms with Gasteiger partial charge in [0.25, 0.3) is 0 Å². The number of carbonyl (C=O) groups is 3. The summed E-state index contributed by atoms with van der Waals surface area (Å²) in [6, 6.07) is 0. The summed E-state index contributed by atoms with van der Waals surface area (Å²) in [5, 5.41) is 20.7. The van der Waals surface area contributed by atoms with Crippen molar-refractivity contribution < 1.29 is 75.8 Å². The van der Waals surface area contributed by atoms with Gasteiger partial charge in [-0.2, -0.15) is 0 Å². The van der Waals surface area contributed by atoms with Crippen molar-refractivity contribution in [3.8, 4) is 0 Å². The minimum absolute atomic E-state index is 0.0921. The monoisotopic (exact) mass is 1680 g/mol. The van der Waals surface area contributed by atoms with Crippen LogP contribution in [0.2, 0.25) is 0 Å². The average Bonchev–Trinajstić information content (AvgIpc) is 1.04. The quantitative estimate of drug-likeness (QED) is 0.0146. The van der Waals surface area contributed by atoms with Gasteiger partial charge in [0, 0.05) is 19.3 Å². The van der Waals surface area contributed by atoms with E-state index in [2.05, 4.69) is 179 Å². The lowest BCUT2D eigenvalue weighted by molar-refractivity contribution is -0.161. The molecule has 672 valence electrons. The van der Waals surface area contributed by atoms with Crippen molar-refractivity contribution in [2.75, 3.05) is 39.6 Å². The first-order chi connectivity index (χ1) is 57.2. The van der Waals surface area contributed by atoms with E-state index in [9.17, 15) is 43.5 Å². The van der Waals surface area contributed by atoms with E-state index < -0.39 is 91.5 Å². The lowest BCUT2D eigenvalue weighted by Crippen LogP contribution is -2.30. The van der Waals surface area contributed by atoms with Gasteiger partial charge in [-0.15, -0.1) is 0 Å². The standard InChI is InChI=1S/C99H170O16P2/c1-4-7-10-13-16-19-22-25-28-31-34-37-40-43-44-45-46-47-48-51-53-55-58-61-64-67-70-73-76-79-82-85-97(102)109-88-94(100)89-111-116(105,106)112-90-95(101)91-113-117(107,108)114-93-96(115-99(104)87-84-81-78-75-72-69-66-63-60-57-54-50-42-39-36-33-30-27-24-21-18-15-12-9-6-3)92-110-98(103)86-83-80-77-74-71-68-65-62-59-56-52-49-41-38-35-32-29-26-23-20-17-14-11-8-5-2/h8,11,16-21,25-30,34-39,43-44,49-50,52,54,94-96,100-101H,4-7,9-10,12-15,22-24,31-33,40-42,45-48,51,53,55-93H2,1-3H3,(H,105,106)(H,107,108)/b11-8-,19-16-,20-17-,21-18-,28-25-,29-26-,30-27-,37-34-,38-35-,39-36-,44-43-,52-49-,54-50-. The van der Waals surface area contributed by atoms with E-state index in [1.165, 1.54) is 180 Å². The number of unbranched alkanes of at least 4 members (excludes halogenated alkanes) is 39. The van der Waals surface area contributed by atoms with Gasteiger partial charge in [0.05, 0.1) is 26.4 Å². The maximum absolute atomic E-state index is 13.1. The van der Waals surface area contributed by atoms with Crippen LogP contribution in [0.15, 0.2) is 158 Å². The first-order valence-electron chi connectivity index (χ1n) is 46.8. The summed E-state index contributed by atoms with van der Waals surface area (Å²) in [6.07, 6.45) is 116. The van der Waals surface area contributed by atoms with E-state index in [1.807, 2.05) is 0 Å². The summed E-state index contributed by atoms with van der Waals surface area (Å²) in [6.45, 7) is 2.55. The number of hydrogen-bond donors (Lipinski definition) is 4. The van der Waals surface area contributed by atoms with E-state index in [4.69, 9.17) is 32.3 Å². The van der Waals surface area contributed by atoms with Gasteiger partial charge >= 0.3 is 33.6 Å². The normalized spacial score (nSPS) is 14.5. The Balaban J connectivity index is 4.62. The summed E-state index contributed by atoms with van der Waals surface area (Å²) in [5.74, 6) is -1.58. The van der Waals surface area contributed by atoms with Crippen LogP contribution in [0.1, 0.15) is 393 Å². The van der Waals surface area contributed by atoms with Crippen molar-refractivity contribution >= 4 is 33.6 Å². The molecule has 5 atom stereocenters. The van der Waals surface area contributed by atoms with Gasteiger partial charge in [-0.25, -0.2) is 9.13 Å².